The molecule has 3 rings (SSSR count). The van der Waals surface area contributed by atoms with Crippen LogP contribution >= 0.6 is 11.6 Å². The molecular formula is C15H7ClFNO4. The Hall–Kier alpha value is -2.73. The van der Waals surface area contributed by atoms with Gasteiger partial charge in [0.15, 0.2) is 0 Å². The fourth-order valence-electron chi connectivity index (χ4n) is 2.01. The zero-order chi connectivity index (χ0) is 15.9. The Kier molecular flexibility index (Phi) is 3.38. The zero-order valence-electron chi connectivity index (χ0n) is 10.9. The SMILES string of the molecule is O=C(ON1C(=O)c2ccccc2C1=O)c1ccc(Cl)c(F)c1. The fourth-order valence-corrected chi connectivity index (χ4v) is 2.13. The van der Waals surface area contributed by atoms with Crippen LogP contribution in [0.2, 0.25) is 5.02 Å². The van der Waals surface area contributed by atoms with Crippen molar-refractivity contribution in [3.8, 4) is 0 Å². The lowest BCUT2D eigenvalue weighted by Crippen LogP contribution is -2.32. The van der Waals surface area contributed by atoms with Crippen LogP contribution in [0.1, 0.15) is 31.1 Å². The van der Waals surface area contributed by atoms with Crippen LogP contribution in [0.25, 0.3) is 0 Å². The number of benzene rings is 2. The summed E-state index contributed by atoms with van der Waals surface area (Å²) < 4.78 is 13.3. The van der Waals surface area contributed by atoms with Gasteiger partial charge in [0.25, 0.3) is 11.8 Å². The van der Waals surface area contributed by atoms with Gasteiger partial charge in [-0.1, -0.05) is 28.8 Å². The Bertz CT molecular complexity index is 786. The van der Waals surface area contributed by atoms with Crippen LogP contribution in [-0.2, 0) is 4.84 Å². The molecule has 1 heterocycles. The molecule has 0 bridgehead atoms. The Labute approximate surface area is 128 Å². The molecule has 7 heteroatoms. The number of nitrogens with zero attached hydrogens (tertiary/aromatic N) is 1. The molecule has 0 atom stereocenters. The van der Waals surface area contributed by atoms with E-state index in [1.807, 2.05) is 0 Å². The number of amides is 2. The van der Waals surface area contributed by atoms with Gasteiger partial charge in [-0.3, -0.25) is 9.59 Å². The third kappa shape index (κ3) is 2.23. The molecule has 0 saturated heterocycles. The topological polar surface area (TPSA) is 63.7 Å². The average Bonchev–Trinajstić information content (AvgIpc) is 2.75. The standard InChI is InChI=1S/C15H7ClFNO4/c16-11-6-5-8(7-12(11)17)15(21)22-18-13(19)9-3-1-2-4-10(9)14(18)20/h1-7H. The Morgan fingerprint density at radius 3 is 2.18 bits per heavy atom. The molecule has 2 aromatic rings. The molecule has 0 N–H and O–H groups in total. The number of imide groups is 1. The highest BCUT2D eigenvalue weighted by Gasteiger charge is 2.38. The van der Waals surface area contributed by atoms with E-state index >= 15 is 0 Å². The normalized spacial score (nSPS) is 13.3. The smallest absolute Gasteiger partial charge is 0.324 e. The number of halogens is 2. The van der Waals surface area contributed by atoms with Crippen LogP contribution < -0.4 is 0 Å². The molecule has 1 aliphatic heterocycles. The van der Waals surface area contributed by atoms with E-state index < -0.39 is 23.6 Å². The molecule has 5 nitrogen and oxygen atoms in total. The second-order valence-corrected chi connectivity index (χ2v) is 4.87. The molecule has 110 valence electrons. The molecule has 0 fully saturated rings. The summed E-state index contributed by atoms with van der Waals surface area (Å²) in [7, 11) is 0. The lowest BCUT2D eigenvalue weighted by atomic mass is 10.1. The summed E-state index contributed by atoms with van der Waals surface area (Å²) in [6.45, 7) is 0. The van der Waals surface area contributed by atoms with E-state index in [0.29, 0.717) is 5.06 Å². The first-order chi connectivity index (χ1) is 10.5. The van der Waals surface area contributed by atoms with Crippen LogP contribution in [0.5, 0.6) is 0 Å². The average molecular weight is 320 g/mol. The van der Waals surface area contributed by atoms with Crippen molar-refractivity contribution in [2.75, 3.05) is 0 Å². The largest absolute Gasteiger partial charge is 0.364 e. The second-order valence-electron chi connectivity index (χ2n) is 4.46. The van der Waals surface area contributed by atoms with E-state index in [1.54, 1.807) is 12.1 Å². The summed E-state index contributed by atoms with van der Waals surface area (Å²) in [6.07, 6.45) is 0. The number of hydroxylamine groups is 2. The molecule has 0 unspecified atom stereocenters. The number of hydrogen-bond donors (Lipinski definition) is 0. The summed E-state index contributed by atoms with van der Waals surface area (Å²) in [4.78, 5) is 40.8. The highest BCUT2D eigenvalue weighted by atomic mass is 35.5. The first kappa shape index (κ1) is 14.2. The van der Waals surface area contributed by atoms with Crippen molar-refractivity contribution in [2.24, 2.45) is 0 Å². The summed E-state index contributed by atoms with van der Waals surface area (Å²) in [5.74, 6) is -3.34. The van der Waals surface area contributed by atoms with Crippen molar-refractivity contribution >= 4 is 29.4 Å². The molecule has 0 aliphatic carbocycles. The molecule has 0 aromatic heterocycles. The molecule has 22 heavy (non-hydrogen) atoms. The van der Waals surface area contributed by atoms with Gasteiger partial charge in [-0.15, -0.1) is 0 Å². The maximum atomic E-state index is 13.3. The van der Waals surface area contributed by atoms with E-state index in [-0.39, 0.29) is 21.7 Å². The number of carbonyl (C=O) groups is 3. The quantitative estimate of drug-likeness (QED) is 0.798. The predicted octanol–water partition coefficient (Wildman–Crippen LogP) is 2.85. The maximum absolute atomic E-state index is 13.3. The molecule has 2 amide bonds. The fraction of sp³-hybridized carbons (Fsp3) is 0. The third-order valence-corrected chi connectivity index (χ3v) is 3.39. The third-order valence-electron chi connectivity index (χ3n) is 3.09. The number of carbonyl (C=O) groups excluding carboxylic acids is 3. The monoisotopic (exact) mass is 319 g/mol. The van der Waals surface area contributed by atoms with Crippen molar-refractivity contribution in [3.63, 3.8) is 0 Å². The van der Waals surface area contributed by atoms with Crippen LogP contribution in [0.3, 0.4) is 0 Å². The van der Waals surface area contributed by atoms with Gasteiger partial charge < -0.3 is 4.84 Å². The van der Waals surface area contributed by atoms with Crippen LogP contribution in [-0.4, -0.2) is 22.8 Å². The van der Waals surface area contributed by atoms with Crippen LogP contribution in [0.15, 0.2) is 42.5 Å². The van der Waals surface area contributed by atoms with E-state index in [0.717, 1.165) is 6.07 Å². The number of hydrogen-bond acceptors (Lipinski definition) is 4. The molecule has 2 aromatic carbocycles. The summed E-state index contributed by atoms with van der Waals surface area (Å²) in [5, 5.41) is 0.205. The number of fused-ring (bicyclic) bond motifs is 1. The van der Waals surface area contributed by atoms with Crippen molar-refractivity contribution in [3.05, 3.63) is 70.0 Å². The van der Waals surface area contributed by atoms with Gasteiger partial charge in [0.1, 0.15) is 5.82 Å². The van der Waals surface area contributed by atoms with Crippen molar-refractivity contribution < 1.29 is 23.6 Å². The van der Waals surface area contributed by atoms with Gasteiger partial charge in [0.2, 0.25) is 0 Å². The lowest BCUT2D eigenvalue weighted by molar-refractivity contribution is -0.0584. The lowest BCUT2D eigenvalue weighted by Gasteiger charge is -2.12. The highest BCUT2D eigenvalue weighted by Crippen LogP contribution is 2.24. The van der Waals surface area contributed by atoms with Crippen molar-refractivity contribution in [1.82, 2.24) is 5.06 Å². The first-order valence-corrected chi connectivity index (χ1v) is 6.52. The van der Waals surface area contributed by atoms with Gasteiger partial charge in [0, 0.05) is 0 Å². The molecule has 1 aliphatic rings. The Balaban J connectivity index is 1.85. The summed E-state index contributed by atoms with van der Waals surface area (Å²) in [5.41, 5.74) is 0.114. The molecule has 0 saturated carbocycles. The number of rotatable bonds is 2. The van der Waals surface area contributed by atoms with Gasteiger partial charge in [-0.2, -0.15) is 0 Å². The zero-order valence-corrected chi connectivity index (χ0v) is 11.6. The Morgan fingerprint density at radius 2 is 1.64 bits per heavy atom. The summed E-state index contributed by atoms with van der Waals surface area (Å²) >= 11 is 5.52. The van der Waals surface area contributed by atoms with Crippen LogP contribution in [0.4, 0.5) is 4.39 Å². The minimum atomic E-state index is -1.04. The van der Waals surface area contributed by atoms with E-state index in [2.05, 4.69) is 0 Å². The van der Waals surface area contributed by atoms with Gasteiger partial charge >= 0.3 is 5.97 Å². The van der Waals surface area contributed by atoms with Gasteiger partial charge in [-0.25, -0.2) is 9.18 Å². The van der Waals surface area contributed by atoms with E-state index in [4.69, 9.17) is 16.4 Å². The van der Waals surface area contributed by atoms with E-state index in [1.165, 1.54) is 24.3 Å². The molecular weight excluding hydrogens is 313 g/mol. The minimum Gasteiger partial charge on any atom is -0.324 e. The Morgan fingerprint density at radius 1 is 1.05 bits per heavy atom. The maximum Gasteiger partial charge on any atom is 0.364 e. The van der Waals surface area contributed by atoms with Crippen molar-refractivity contribution in [2.45, 2.75) is 0 Å². The van der Waals surface area contributed by atoms with Gasteiger partial charge in [0.05, 0.1) is 21.7 Å². The van der Waals surface area contributed by atoms with Crippen LogP contribution in [0, 0.1) is 5.82 Å². The predicted molar refractivity (Wildman–Crippen MR) is 73.8 cm³/mol. The first-order valence-electron chi connectivity index (χ1n) is 6.14. The highest BCUT2D eigenvalue weighted by molar-refractivity contribution is 6.30. The summed E-state index contributed by atoms with van der Waals surface area (Å²) in [6, 6.07) is 9.34. The minimum absolute atomic E-state index is 0.141. The van der Waals surface area contributed by atoms with Crippen molar-refractivity contribution in [1.29, 1.82) is 0 Å². The molecule has 0 spiro atoms. The van der Waals surface area contributed by atoms with E-state index in [9.17, 15) is 18.8 Å². The van der Waals surface area contributed by atoms with Gasteiger partial charge in [-0.05, 0) is 30.3 Å². The second kappa shape index (κ2) is 5.23. The molecule has 0 radical (unpaired) electrons.